The van der Waals surface area contributed by atoms with Crippen LogP contribution in [0.1, 0.15) is 50.8 Å². The van der Waals surface area contributed by atoms with Crippen LogP contribution in [0.25, 0.3) is 0 Å². The van der Waals surface area contributed by atoms with Crippen LogP contribution in [0.15, 0.2) is 24.3 Å². The zero-order valence-corrected chi connectivity index (χ0v) is 15.3. The lowest BCUT2D eigenvalue weighted by molar-refractivity contribution is -0.139. The van der Waals surface area contributed by atoms with E-state index in [4.69, 9.17) is 5.11 Å². The number of carboxylic acids is 1. The summed E-state index contributed by atoms with van der Waals surface area (Å²) in [6.07, 6.45) is 2.60. The van der Waals surface area contributed by atoms with Crippen molar-refractivity contribution in [2.45, 2.75) is 58.2 Å². The van der Waals surface area contributed by atoms with Crippen LogP contribution in [0.5, 0.6) is 0 Å². The highest BCUT2D eigenvalue weighted by Crippen LogP contribution is 2.25. The molecular formula is C19H29N3O3. The van der Waals surface area contributed by atoms with Gasteiger partial charge < -0.3 is 15.7 Å². The van der Waals surface area contributed by atoms with Gasteiger partial charge in [-0.15, -0.1) is 0 Å². The van der Waals surface area contributed by atoms with Crippen molar-refractivity contribution in [3.05, 3.63) is 35.4 Å². The minimum atomic E-state index is -0.807. The molecule has 1 aliphatic rings. The summed E-state index contributed by atoms with van der Waals surface area (Å²) in [7, 11) is 0. The third kappa shape index (κ3) is 5.46. The number of urea groups is 1. The minimum Gasteiger partial charge on any atom is -0.480 e. The molecule has 1 aliphatic carbocycles. The van der Waals surface area contributed by atoms with E-state index in [1.54, 1.807) is 0 Å². The molecule has 2 rings (SSSR count). The largest absolute Gasteiger partial charge is 0.480 e. The topological polar surface area (TPSA) is 81.7 Å². The molecule has 1 aromatic rings. The lowest BCUT2D eigenvalue weighted by Gasteiger charge is -2.42. The van der Waals surface area contributed by atoms with Gasteiger partial charge in [-0.2, -0.15) is 0 Å². The Hall–Kier alpha value is -2.08. The summed E-state index contributed by atoms with van der Waals surface area (Å²) >= 11 is 0. The number of aryl methyl sites for hydroxylation is 1. The summed E-state index contributed by atoms with van der Waals surface area (Å²) in [5, 5.41) is 14.9. The Labute approximate surface area is 149 Å². The first-order chi connectivity index (χ1) is 11.9. The Morgan fingerprint density at radius 1 is 1.24 bits per heavy atom. The van der Waals surface area contributed by atoms with Gasteiger partial charge >= 0.3 is 12.0 Å². The van der Waals surface area contributed by atoms with Crippen molar-refractivity contribution in [1.82, 2.24) is 15.5 Å². The van der Waals surface area contributed by atoms with Crippen molar-refractivity contribution < 1.29 is 14.7 Å². The number of nitrogens with one attached hydrogen (secondary N) is 2. The predicted molar refractivity (Wildman–Crippen MR) is 97.6 cm³/mol. The van der Waals surface area contributed by atoms with Gasteiger partial charge in [-0.25, -0.2) is 4.79 Å². The van der Waals surface area contributed by atoms with Crippen LogP contribution in [0.3, 0.4) is 0 Å². The van der Waals surface area contributed by atoms with Crippen LogP contribution in [-0.4, -0.2) is 47.2 Å². The number of benzene rings is 1. The minimum absolute atomic E-state index is 0.0547. The van der Waals surface area contributed by atoms with Gasteiger partial charge in [0.15, 0.2) is 0 Å². The molecule has 0 bridgehead atoms. The van der Waals surface area contributed by atoms with E-state index in [2.05, 4.69) is 29.7 Å². The summed E-state index contributed by atoms with van der Waals surface area (Å²) < 4.78 is 0. The average Bonchev–Trinajstić information content (AvgIpc) is 2.55. The number of nitrogens with zero attached hydrogens (tertiary/aromatic N) is 1. The molecule has 6 nitrogen and oxygen atoms in total. The van der Waals surface area contributed by atoms with Gasteiger partial charge in [-0.1, -0.05) is 38.1 Å². The molecule has 1 unspecified atom stereocenters. The monoisotopic (exact) mass is 347 g/mol. The molecule has 3 N–H and O–H groups in total. The normalized spacial score (nSPS) is 20.6. The predicted octanol–water partition coefficient (Wildman–Crippen LogP) is 2.55. The molecule has 1 aromatic carbocycles. The fraction of sp³-hybridized carbons (Fsp3) is 0.579. The van der Waals surface area contributed by atoms with Crippen LogP contribution in [-0.2, 0) is 11.2 Å². The number of amides is 2. The zero-order chi connectivity index (χ0) is 18.4. The highest BCUT2D eigenvalue weighted by atomic mass is 16.4. The number of carbonyl (C=O) groups excluding carboxylic acids is 1. The number of rotatable bonds is 8. The molecule has 0 heterocycles. The molecule has 0 aromatic heterocycles. The maximum atomic E-state index is 12.1. The summed E-state index contributed by atoms with van der Waals surface area (Å²) in [6.45, 7) is 6.81. The van der Waals surface area contributed by atoms with Crippen LogP contribution in [0.2, 0.25) is 0 Å². The second-order valence-electron chi connectivity index (χ2n) is 6.71. The smallest absolute Gasteiger partial charge is 0.317 e. The molecule has 1 atom stereocenters. The number of hydrogen-bond acceptors (Lipinski definition) is 3. The van der Waals surface area contributed by atoms with Crippen molar-refractivity contribution >= 4 is 12.0 Å². The lowest BCUT2D eigenvalue weighted by atomic mass is 9.85. The molecule has 0 saturated heterocycles. The first kappa shape index (κ1) is 19.2. The first-order valence-electron chi connectivity index (χ1n) is 9.04. The number of likely N-dealkylation sites (N-methyl/N-ethyl adjacent to an activating group) is 1. The second kappa shape index (κ2) is 8.85. The number of carboxylic acid groups (broad SMARTS) is 1. The van der Waals surface area contributed by atoms with Gasteiger partial charge in [-0.3, -0.25) is 9.69 Å². The SMILES string of the molecule is CCc1ccc(C(C)NC(=O)NC2CC(N(CC)CC(=O)O)C2)cc1. The number of hydrogen-bond donors (Lipinski definition) is 3. The van der Waals surface area contributed by atoms with Gasteiger partial charge in [0, 0.05) is 12.1 Å². The summed E-state index contributed by atoms with van der Waals surface area (Å²) in [5.41, 5.74) is 2.36. The summed E-state index contributed by atoms with van der Waals surface area (Å²) in [4.78, 5) is 24.9. The molecule has 1 fully saturated rings. The molecule has 0 radical (unpaired) electrons. The van der Waals surface area contributed by atoms with Gasteiger partial charge in [0.2, 0.25) is 0 Å². The van der Waals surface area contributed by atoms with E-state index in [0.717, 1.165) is 24.8 Å². The van der Waals surface area contributed by atoms with Gasteiger partial charge in [0.1, 0.15) is 0 Å². The molecule has 6 heteroatoms. The van der Waals surface area contributed by atoms with Crippen molar-refractivity contribution in [2.75, 3.05) is 13.1 Å². The summed E-state index contributed by atoms with van der Waals surface area (Å²) in [5.74, 6) is -0.807. The quantitative estimate of drug-likeness (QED) is 0.675. The van der Waals surface area contributed by atoms with E-state index in [1.165, 1.54) is 5.56 Å². The highest BCUT2D eigenvalue weighted by molar-refractivity contribution is 5.75. The second-order valence-corrected chi connectivity index (χ2v) is 6.71. The third-order valence-electron chi connectivity index (χ3n) is 4.94. The maximum Gasteiger partial charge on any atom is 0.317 e. The molecule has 0 aliphatic heterocycles. The zero-order valence-electron chi connectivity index (χ0n) is 15.3. The van der Waals surface area contributed by atoms with Gasteiger partial charge in [-0.05, 0) is 43.9 Å². The molecular weight excluding hydrogens is 318 g/mol. The first-order valence-corrected chi connectivity index (χ1v) is 9.04. The molecule has 2 amide bonds. The van der Waals surface area contributed by atoms with Gasteiger partial charge in [0.25, 0.3) is 0 Å². The van der Waals surface area contributed by atoms with E-state index in [-0.39, 0.29) is 30.7 Å². The van der Waals surface area contributed by atoms with E-state index >= 15 is 0 Å². The van der Waals surface area contributed by atoms with Crippen LogP contribution in [0, 0.1) is 0 Å². The van der Waals surface area contributed by atoms with Crippen molar-refractivity contribution in [3.63, 3.8) is 0 Å². The van der Waals surface area contributed by atoms with Crippen LogP contribution in [0.4, 0.5) is 4.79 Å². The lowest BCUT2D eigenvalue weighted by Crippen LogP contribution is -2.56. The fourth-order valence-corrected chi connectivity index (χ4v) is 3.23. The van der Waals surface area contributed by atoms with E-state index in [0.29, 0.717) is 6.54 Å². The number of carbonyl (C=O) groups is 2. The van der Waals surface area contributed by atoms with Crippen LogP contribution < -0.4 is 10.6 Å². The van der Waals surface area contributed by atoms with Crippen molar-refractivity contribution in [3.8, 4) is 0 Å². The van der Waals surface area contributed by atoms with Crippen LogP contribution >= 0.6 is 0 Å². The molecule has 1 saturated carbocycles. The Kier molecular flexibility index (Phi) is 6.82. The third-order valence-corrected chi connectivity index (χ3v) is 4.94. The van der Waals surface area contributed by atoms with Crippen molar-refractivity contribution in [1.29, 1.82) is 0 Å². The molecule has 25 heavy (non-hydrogen) atoms. The highest BCUT2D eigenvalue weighted by Gasteiger charge is 2.34. The van der Waals surface area contributed by atoms with E-state index < -0.39 is 5.97 Å². The van der Waals surface area contributed by atoms with E-state index in [9.17, 15) is 9.59 Å². The Balaban J connectivity index is 1.75. The van der Waals surface area contributed by atoms with Gasteiger partial charge in [0.05, 0.1) is 12.6 Å². The van der Waals surface area contributed by atoms with E-state index in [1.807, 2.05) is 30.9 Å². The maximum absolute atomic E-state index is 12.1. The molecule has 0 spiro atoms. The summed E-state index contributed by atoms with van der Waals surface area (Å²) in [6, 6.07) is 8.40. The Morgan fingerprint density at radius 2 is 1.88 bits per heavy atom. The average molecular weight is 347 g/mol. The van der Waals surface area contributed by atoms with Crippen molar-refractivity contribution in [2.24, 2.45) is 0 Å². The standard InChI is InChI=1S/C19H29N3O3/c1-4-14-6-8-15(9-7-14)13(3)20-19(25)21-16-10-17(11-16)22(5-2)12-18(23)24/h6-9,13,16-17H,4-5,10-12H2,1-3H3,(H,23,24)(H2,20,21,25). The molecule has 138 valence electrons. The Bertz CT molecular complexity index is 582. The fourth-order valence-electron chi connectivity index (χ4n) is 3.23. The Morgan fingerprint density at radius 3 is 2.40 bits per heavy atom. The number of aliphatic carboxylic acids is 1.